The Morgan fingerprint density at radius 2 is 1.90 bits per heavy atom. The summed E-state index contributed by atoms with van der Waals surface area (Å²) in [6, 6.07) is 0. The molecule has 0 aliphatic carbocycles. The number of thiazole rings is 1. The summed E-state index contributed by atoms with van der Waals surface area (Å²) in [7, 11) is 0. The number of nitrogens with one attached hydrogen (secondary N) is 1. The van der Waals surface area contributed by atoms with Crippen LogP contribution < -0.4 is 5.32 Å². The van der Waals surface area contributed by atoms with E-state index < -0.39 is 0 Å². The SMILES string of the molecule is CCNCc1sc(CN2CCCCCC2)nc1C(C)C. The molecule has 4 heteroatoms. The van der Waals surface area contributed by atoms with E-state index in [4.69, 9.17) is 4.98 Å². The second-order valence-electron chi connectivity index (χ2n) is 6.04. The van der Waals surface area contributed by atoms with E-state index in [1.165, 1.54) is 54.4 Å². The Hall–Kier alpha value is -0.450. The van der Waals surface area contributed by atoms with Gasteiger partial charge in [0.1, 0.15) is 5.01 Å². The van der Waals surface area contributed by atoms with Crippen LogP contribution in [0, 0.1) is 0 Å². The van der Waals surface area contributed by atoms with E-state index in [-0.39, 0.29) is 0 Å². The van der Waals surface area contributed by atoms with Crippen LogP contribution in [0.1, 0.15) is 68.0 Å². The van der Waals surface area contributed by atoms with Gasteiger partial charge in [-0.1, -0.05) is 33.6 Å². The molecule has 0 radical (unpaired) electrons. The van der Waals surface area contributed by atoms with E-state index in [1.807, 2.05) is 11.3 Å². The van der Waals surface area contributed by atoms with Gasteiger partial charge in [-0.25, -0.2) is 4.98 Å². The lowest BCUT2D eigenvalue weighted by Gasteiger charge is -2.17. The van der Waals surface area contributed by atoms with Crippen LogP contribution in [0.4, 0.5) is 0 Å². The second kappa shape index (κ2) is 8.11. The summed E-state index contributed by atoms with van der Waals surface area (Å²) in [5.74, 6) is 0.526. The molecule has 0 spiro atoms. The molecule has 1 aromatic heterocycles. The molecule has 1 aliphatic rings. The van der Waals surface area contributed by atoms with E-state index in [0.717, 1.165) is 19.6 Å². The molecule has 114 valence electrons. The van der Waals surface area contributed by atoms with Crippen molar-refractivity contribution in [1.29, 1.82) is 0 Å². The van der Waals surface area contributed by atoms with Crippen molar-refractivity contribution >= 4 is 11.3 Å². The minimum Gasteiger partial charge on any atom is -0.312 e. The molecule has 1 N–H and O–H groups in total. The summed E-state index contributed by atoms with van der Waals surface area (Å²) in [4.78, 5) is 8.95. The minimum absolute atomic E-state index is 0.526. The molecular weight excluding hydrogens is 266 g/mol. The predicted octanol–water partition coefficient (Wildman–Crippen LogP) is 3.75. The lowest BCUT2D eigenvalue weighted by atomic mass is 10.1. The first-order chi connectivity index (χ1) is 9.70. The van der Waals surface area contributed by atoms with Gasteiger partial charge in [0.15, 0.2) is 0 Å². The van der Waals surface area contributed by atoms with Crippen LogP contribution >= 0.6 is 11.3 Å². The Bertz CT molecular complexity index is 392. The van der Waals surface area contributed by atoms with Crippen molar-refractivity contribution < 1.29 is 0 Å². The van der Waals surface area contributed by atoms with Gasteiger partial charge in [-0.15, -0.1) is 11.3 Å². The van der Waals surface area contributed by atoms with E-state index in [9.17, 15) is 0 Å². The zero-order valence-corrected chi connectivity index (χ0v) is 14.1. The lowest BCUT2D eigenvalue weighted by molar-refractivity contribution is 0.276. The van der Waals surface area contributed by atoms with Gasteiger partial charge in [-0.05, 0) is 38.4 Å². The van der Waals surface area contributed by atoms with Crippen molar-refractivity contribution in [3.8, 4) is 0 Å². The highest BCUT2D eigenvalue weighted by Gasteiger charge is 2.16. The summed E-state index contributed by atoms with van der Waals surface area (Å²) < 4.78 is 0. The number of aromatic nitrogens is 1. The van der Waals surface area contributed by atoms with Crippen molar-refractivity contribution in [3.05, 3.63) is 15.6 Å². The molecule has 2 rings (SSSR count). The average Bonchev–Trinajstić information content (AvgIpc) is 2.64. The normalized spacial score (nSPS) is 17.6. The summed E-state index contributed by atoms with van der Waals surface area (Å²) in [6.45, 7) is 12.2. The lowest BCUT2D eigenvalue weighted by Crippen LogP contribution is -2.23. The average molecular weight is 295 g/mol. The highest BCUT2D eigenvalue weighted by atomic mass is 32.1. The van der Waals surface area contributed by atoms with Crippen LogP contribution in [0.2, 0.25) is 0 Å². The van der Waals surface area contributed by atoms with E-state index in [1.54, 1.807) is 0 Å². The van der Waals surface area contributed by atoms with Gasteiger partial charge in [0, 0.05) is 11.4 Å². The fourth-order valence-electron chi connectivity index (χ4n) is 2.78. The molecule has 3 nitrogen and oxygen atoms in total. The molecule has 1 aromatic rings. The molecule has 1 fully saturated rings. The molecule has 0 amide bonds. The predicted molar refractivity (Wildman–Crippen MR) is 87.3 cm³/mol. The Morgan fingerprint density at radius 3 is 2.50 bits per heavy atom. The molecule has 1 aliphatic heterocycles. The third-order valence-corrected chi connectivity index (χ3v) is 4.97. The first kappa shape index (κ1) is 15.9. The Kier molecular flexibility index (Phi) is 6.46. The Labute approximate surface area is 127 Å². The second-order valence-corrected chi connectivity index (χ2v) is 7.21. The largest absolute Gasteiger partial charge is 0.312 e. The van der Waals surface area contributed by atoms with E-state index in [0.29, 0.717) is 5.92 Å². The topological polar surface area (TPSA) is 28.2 Å². The third-order valence-electron chi connectivity index (χ3n) is 3.91. The molecular formula is C16H29N3S. The van der Waals surface area contributed by atoms with Crippen LogP contribution in [0.25, 0.3) is 0 Å². The van der Waals surface area contributed by atoms with Gasteiger partial charge >= 0.3 is 0 Å². The quantitative estimate of drug-likeness (QED) is 0.866. The molecule has 0 aromatic carbocycles. The van der Waals surface area contributed by atoms with Crippen LogP contribution in [0.3, 0.4) is 0 Å². The number of rotatable bonds is 6. The van der Waals surface area contributed by atoms with Crippen LogP contribution in [-0.4, -0.2) is 29.5 Å². The number of hydrogen-bond donors (Lipinski definition) is 1. The maximum Gasteiger partial charge on any atom is 0.107 e. The number of likely N-dealkylation sites (tertiary alicyclic amines) is 1. The van der Waals surface area contributed by atoms with Crippen LogP contribution in [-0.2, 0) is 13.1 Å². The Morgan fingerprint density at radius 1 is 1.20 bits per heavy atom. The van der Waals surface area contributed by atoms with Gasteiger partial charge in [-0.3, -0.25) is 4.90 Å². The summed E-state index contributed by atoms with van der Waals surface area (Å²) >= 11 is 1.91. The van der Waals surface area contributed by atoms with Crippen LogP contribution in [0.15, 0.2) is 0 Å². The summed E-state index contributed by atoms with van der Waals surface area (Å²) in [6.07, 6.45) is 5.51. The molecule has 0 atom stereocenters. The fraction of sp³-hybridized carbons (Fsp3) is 0.812. The molecule has 0 saturated carbocycles. The van der Waals surface area contributed by atoms with Gasteiger partial charge in [0.2, 0.25) is 0 Å². The van der Waals surface area contributed by atoms with Gasteiger partial charge in [-0.2, -0.15) is 0 Å². The van der Waals surface area contributed by atoms with E-state index >= 15 is 0 Å². The van der Waals surface area contributed by atoms with Crippen molar-refractivity contribution in [2.45, 2.75) is 65.5 Å². The van der Waals surface area contributed by atoms with E-state index in [2.05, 4.69) is 31.0 Å². The monoisotopic (exact) mass is 295 g/mol. The minimum atomic E-state index is 0.526. The van der Waals surface area contributed by atoms with Crippen molar-refractivity contribution in [1.82, 2.24) is 15.2 Å². The molecule has 20 heavy (non-hydrogen) atoms. The van der Waals surface area contributed by atoms with Crippen molar-refractivity contribution in [3.63, 3.8) is 0 Å². The zero-order valence-electron chi connectivity index (χ0n) is 13.2. The van der Waals surface area contributed by atoms with Gasteiger partial charge in [0.05, 0.1) is 12.2 Å². The Balaban J connectivity index is 2.03. The molecule has 2 heterocycles. The summed E-state index contributed by atoms with van der Waals surface area (Å²) in [5.41, 5.74) is 1.31. The summed E-state index contributed by atoms with van der Waals surface area (Å²) in [5, 5.41) is 4.75. The van der Waals surface area contributed by atoms with Crippen molar-refractivity contribution in [2.24, 2.45) is 0 Å². The highest BCUT2D eigenvalue weighted by Crippen LogP contribution is 2.26. The highest BCUT2D eigenvalue weighted by molar-refractivity contribution is 7.11. The fourth-order valence-corrected chi connectivity index (χ4v) is 4.02. The maximum atomic E-state index is 4.92. The molecule has 0 bridgehead atoms. The third kappa shape index (κ3) is 4.54. The first-order valence-corrected chi connectivity index (χ1v) is 8.94. The first-order valence-electron chi connectivity index (χ1n) is 8.12. The smallest absolute Gasteiger partial charge is 0.107 e. The number of hydrogen-bond acceptors (Lipinski definition) is 4. The van der Waals surface area contributed by atoms with Crippen LogP contribution in [0.5, 0.6) is 0 Å². The number of nitrogens with zero attached hydrogens (tertiary/aromatic N) is 2. The zero-order chi connectivity index (χ0) is 14.4. The molecule has 1 saturated heterocycles. The standard InChI is InChI=1S/C16H29N3S/c1-4-17-11-14-16(13(2)3)18-15(20-14)12-19-9-7-5-6-8-10-19/h13,17H,4-12H2,1-3H3. The van der Waals surface area contributed by atoms with Gasteiger partial charge < -0.3 is 5.32 Å². The maximum absolute atomic E-state index is 4.92. The molecule has 0 unspecified atom stereocenters. The van der Waals surface area contributed by atoms with Gasteiger partial charge in [0.25, 0.3) is 0 Å². The van der Waals surface area contributed by atoms with Crippen molar-refractivity contribution in [2.75, 3.05) is 19.6 Å².